The predicted octanol–water partition coefficient (Wildman–Crippen LogP) is 3.64. The Balaban J connectivity index is 1.58. The van der Waals surface area contributed by atoms with Crippen molar-refractivity contribution >= 4 is 34.8 Å². The van der Waals surface area contributed by atoms with Crippen molar-refractivity contribution in [1.29, 1.82) is 0 Å². The molecule has 1 aromatic heterocycles. The minimum Gasteiger partial charge on any atom is -0.508 e. The highest BCUT2D eigenvalue weighted by molar-refractivity contribution is 7.99. The number of nitrogens with zero attached hydrogens (tertiary/aromatic N) is 3. The maximum absolute atomic E-state index is 13.3. The van der Waals surface area contributed by atoms with Crippen molar-refractivity contribution in [2.75, 3.05) is 5.75 Å². The van der Waals surface area contributed by atoms with Gasteiger partial charge in [-0.1, -0.05) is 54.2 Å². The lowest BCUT2D eigenvalue weighted by Gasteiger charge is -2.14. The Hall–Kier alpha value is -3.91. The Morgan fingerprint density at radius 2 is 1.91 bits per heavy atom. The highest BCUT2D eigenvalue weighted by Crippen LogP contribution is 2.23. The van der Waals surface area contributed by atoms with E-state index >= 15 is 0 Å². The second-order valence-corrected chi connectivity index (χ2v) is 7.96. The zero-order valence-electron chi connectivity index (χ0n) is 17.2. The molecule has 1 amide bonds. The van der Waals surface area contributed by atoms with Crippen LogP contribution in [0.25, 0.3) is 16.6 Å². The number of fused-ring (bicyclic) bond motifs is 1. The molecule has 0 bridgehead atoms. The molecule has 7 nitrogen and oxygen atoms in total. The van der Waals surface area contributed by atoms with Crippen molar-refractivity contribution in [2.45, 2.75) is 12.1 Å². The number of aryl methyl sites for hydroxylation is 1. The molecule has 0 saturated carbocycles. The number of thioether (sulfide) groups is 1. The molecule has 4 rings (SSSR count). The first-order valence-electron chi connectivity index (χ1n) is 9.84. The van der Waals surface area contributed by atoms with Crippen molar-refractivity contribution < 1.29 is 9.90 Å². The van der Waals surface area contributed by atoms with Crippen LogP contribution in [0.4, 0.5) is 0 Å². The Morgan fingerprint density at radius 1 is 1.12 bits per heavy atom. The van der Waals surface area contributed by atoms with Gasteiger partial charge < -0.3 is 5.11 Å². The summed E-state index contributed by atoms with van der Waals surface area (Å²) >= 11 is 1.16. The van der Waals surface area contributed by atoms with Crippen molar-refractivity contribution in [2.24, 2.45) is 5.10 Å². The Morgan fingerprint density at radius 3 is 2.72 bits per heavy atom. The molecular weight excluding hydrogens is 424 g/mol. The van der Waals surface area contributed by atoms with E-state index in [1.807, 2.05) is 37.3 Å². The number of phenols is 1. The molecule has 3 aromatic carbocycles. The molecule has 0 fully saturated rings. The average Bonchev–Trinajstić information content (AvgIpc) is 2.79. The molecule has 2 N–H and O–H groups in total. The predicted molar refractivity (Wildman–Crippen MR) is 127 cm³/mol. The molecule has 32 heavy (non-hydrogen) atoms. The summed E-state index contributed by atoms with van der Waals surface area (Å²) in [6, 6.07) is 21.2. The van der Waals surface area contributed by atoms with Crippen LogP contribution in [-0.4, -0.2) is 32.5 Å². The first-order valence-corrected chi connectivity index (χ1v) is 10.8. The summed E-state index contributed by atoms with van der Waals surface area (Å²) in [5.41, 5.74) is 5.15. The van der Waals surface area contributed by atoms with E-state index in [1.165, 1.54) is 12.3 Å². The van der Waals surface area contributed by atoms with E-state index < -0.39 is 0 Å². The highest BCUT2D eigenvalue weighted by Gasteiger charge is 2.15. The van der Waals surface area contributed by atoms with E-state index in [9.17, 15) is 14.7 Å². The number of nitrogens with one attached hydrogen (secondary N) is 1. The van der Waals surface area contributed by atoms with Gasteiger partial charge in [0.05, 0.1) is 28.6 Å². The van der Waals surface area contributed by atoms with E-state index in [4.69, 9.17) is 0 Å². The van der Waals surface area contributed by atoms with E-state index in [-0.39, 0.29) is 23.0 Å². The van der Waals surface area contributed by atoms with Crippen LogP contribution in [0.2, 0.25) is 0 Å². The fourth-order valence-corrected chi connectivity index (χ4v) is 3.98. The Kier molecular flexibility index (Phi) is 6.32. The SMILES string of the molecule is Cc1ccccc1-n1c(SCC(=O)NN=Cc2cccc(O)c2)nc2ccccc2c1=O. The van der Waals surface area contributed by atoms with Crippen LogP contribution in [-0.2, 0) is 4.79 Å². The van der Waals surface area contributed by atoms with Gasteiger partial charge in [-0.05, 0) is 48.4 Å². The fourth-order valence-electron chi connectivity index (χ4n) is 3.18. The van der Waals surface area contributed by atoms with Crippen LogP contribution >= 0.6 is 11.8 Å². The second-order valence-electron chi connectivity index (χ2n) is 7.02. The number of hydrogen-bond donors (Lipinski definition) is 2. The van der Waals surface area contributed by atoms with E-state index in [2.05, 4.69) is 15.5 Å². The van der Waals surface area contributed by atoms with E-state index in [0.29, 0.717) is 21.6 Å². The lowest BCUT2D eigenvalue weighted by Crippen LogP contribution is -2.24. The Labute approximate surface area is 188 Å². The number of hydrogen-bond acceptors (Lipinski definition) is 6. The lowest BCUT2D eigenvalue weighted by molar-refractivity contribution is -0.118. The fraction of sp³-hybridized carbons (Fsp3) is 0.0833. The van der Waals surface area contributed by atoms with Crippen LogP contribution in [0.15, 0.2) is 87.8 Å². The molecule has 160 valence electrons. The number of amides is 1. The van der Waals surface area contributed by atoms with Crippen LogP contribution in [0.5, 0.6) is 5.75 Å². The van der Waals surface area contributed by atoms with Gasteiger partial charge >= 0.3 is 0 Å². The van der Waals surface area contributed by atoms with E-state index in [0.717, 1.165) is 23.0 Å². The number of aromatic hydroxyl groups is 1. The van der Waals surface area contributed by atoms with Crippen molar-refractivity contribution in [1.82, 2.24) is 15.0 Å². The van der Waals surface area contributed by atoms with Gasteiger partial charge in [0, 0.05) is 0 Å². The summed E-state index contributed by atoms with van der Waals surface area (Å²) in [5.74, 6) is -0.203. The molecule has 0 unspecified atom stereocenters. The molecule has 8 heteroatoms. The van der Waals surface area contributed by atoms with Crippen LogP contribution < -0.4 is 11.0 Å². The van der Waals surface area contributed by atoms with Crippen molar-refractivity contribution in [3.05, 3.63) is 94.3 Å². The lowest BCUT2D eigenvalue weighted by atomic mass is 10.2. The summed E-state index contributed by atoms with van der Waals surface area (Å²) in [5, 5.41) is 14.3. The van der Waals surface area contributed by atoms with Gasteiger partial charge in [-0.3, -0.25) is 14.2 Å². The zero-order valence-corrected chi connectivity index (χ0v) is 18.0. The normalized spacial score (nSPS) is 11.2. The Bertz CT molecular complexity index is 1380. The number of aromatic nitrogens is 2. The summed E-state index contributed by atoms with van der Waals surface area (Å²) < 4.78 is 1.55. The molecule has 0 saturated heterocycles. The number of phenolic OH excluding ortho intramolecular Hbond substituents is 1. The van der Waals surface area contributed by atoms with Crippen LogP contribution in [0, 0.1) is 6.92 Å². The highest BCUT2D eigenvalue weighted by atomic mass is 32.2. The van der Waals surface area contributed by atoms with Crippen molar-refractivity contribution in [3.8, 4) is 11.4 Å². The molecule has 0 radical (unpaired) electrons. The number of rotatable bonds is 6. The van der Waals surface area contributed by atoms with Gasteiger partial charge in [-0.25, -0.2) is 10.4 Å². The third-order valence-corrected chi connectivity index (χ3v) is 5.65. The molecule has 4 aromatic rings. The summed E-state index contributed by atoms with van der Waals surface area (Å²) in [6.07, 6.45) is 1.44. The maximum atomic E-state index is 13.3. The molecule has 0 atom stereocenters. The second kappa shape index (κ2) is 9.49. The summed E-state index contributed by atoms with van der Waals surface area (Å²) in [7, 11) is 0. The monoisotopic (exact) mass is 444 g/mol. The molecule has 0 aliphatic heterocycles. The smallest absolute Gasteiger partial charge is 0.266 e. The van der Waals surface area contributed by atoms with Gasteiger partial charge in [-0.2, -0.15) is 5.10 Å². The molecular formula is C24H20N4O3S. The summed E-state index contributed by atoms with van der Waals surface area (Å²) in [6.45, 7) is 1.92. The minimum atomic E-state index is -0.342. The first-order chi connectivity index (χ1) is 15.5. The van der Waals surface area contributed by atoms with E-state index in [1.54, 1.807) is 41.0 Å². The number of benzene rings is 3. The van der Waals surface area contributed by atoms with Gasteiger partial charge in [0.25, 0.3) is 11.5 Å². The maximum Gasteiger partial charge on any atom is 0.266 e. The standard InChI is InChI=1S/C24H20N4O3S/c1-16-7-2-5-12-21(16)28-23(31)19-10-3-4-11-20(19)26-24(28)32-15-22(30)27-25-14-17-8-6-9-18(29)13-17/h2-14,29H,15H2,1H3,(H,27,30). The van der Waals surface area contributed by atoms with Gasteiger partial charge in [0.1, 0.15) is 5.75 Å². The third-order valence-electron chi connectivity index (χ3n) is 4.71. The summed E-state index contributed by atoms with van der Waals surface area (Å²) in [4.78, 5) is 30.2. The first kappa shape index (κ1) is 21.3. The molecule has 0 aliphatic carbocycles. The van der Waals surface area contributed by atoms with Crippen LogP contribution in [0.3, 0.4) is 0 Å². The largest absolute Gasteiger partial charge is 0.508 e. The van der Waals surface area contributed by atoms with Gasteiger partial charge in [0.15, 0.2) is 5.16 Å². The molecule has 0 spiro atoms. The number of carbonyl (C=O) groups excluding carboxylic acids is 1. The molecule has 0 aliphatic rings. The van der Waals surface area contributed by atoms with Gasteiger partial charge in [0.2, 0.25) is 0 Å². The number of para-hydroxylation sites is 2. The zero-order chi connectivity index (χ0) is 22.5. The van der Waals surface area contributed by atoms with Crippen molar-refractivity contribution in [3.63, 3.8) is 0 Å². The minimum absolute atomic E-state index is 0.0219. The number of carbonyl (C=O) groups is 1. The average molecular weight is 445 g/mol. The molecule has 1 heterocycles. The third kappa shape index (κ3) is 4.70. The number of hydrazone groups is 1. The van der Waals surface area contributed by atoms with Gasteiger partial charge in [-0.15, -0.1) is 0 Å². The quantitative estimate of drug-likeness (QED) is 0.205. The topological polar surface area (TPSA) is 96.6 Å². The van der Waals surface area contributed by atoms with Crippen LogP contribution in [0.1, 0.15) is 11.1 Å².